The molecule has 0 unspecified atom stereocenters. The van der Waals surface area contributed by atoms with Gasteiger partial charge in [-0.3, -0.25) is 14.9 Å². The van der Waals surface area contributed by atoms with Gasteiger partial charge in [-0.25, -0.2) is 4.68 Å². The number of hydrogen-bond donors (Lipinski definition) is 1. The monoisotopic (exact) mass is 432 g/mol. The summed E-state index contributed by atoms with van der Waals surface area (Å²) < 4.78 is 3.63. The normalized spacial score (nSPS) is 11.3. The predicted molar refractivity (Wildman–Crippen MR) is 121 cm³/mol. The van der Waals surface area contributed by atoms with Crippen molar-refractivity contribution in [3.05, 3.63) is 74.7 Å². The third-order valence-corrected chi connectivity index (χ3v) is 5.10. The molecule has 32 heavy (non-hydrogen) atoms. The van der Waals surface area contributed by atoms with Crippen molar-refractivity contribution in [2.24, 2.45) is 0 Å². The van der Waals surface area contributed by atoms with Gasteiger partial charge in [-0.15, -0.1) is 0 Å². The summed E-state index contributed by atoms with van der Waals surface area (Å²) in [6.07, 6.45) is 2.57. The van der Waals surface area contributed by atoms with Gasteiger partial charge < -0.3 is 9.88 Å². The summed E-state index contributed by atoms with van der Waals surface area (Å²) >= 11 is 0. The Morgan fingerprint density at radius 1 is 1.25 bits per heavy atom. The number of anilines is 1. The molecule has 0 saturated heterocycles. The van der Waals surface area contributed by atoms with Crippen LogP contribution in [0.4, 0.5) is 11.5 Å². The molecule has 3 aromatic rings. The molecule has 1 aromatic carbocycles. The number of nitriles is 1. The zero-order valence-corrected chi connectivity index (χ0v) is 18.4. The molecule has 9 heteroatoms. The molecule has 0 aliphatic heterocycles. The van der Waals surface area contributed by atoms with E-state index >= 15 is 0 Å². The van der Waals surface area contributed by atoms with Gasteiger partial charge in [0, 0.05) is 36.1 Å². The minimum atomic E-state index is -0.559. The van der Waals surface area contributed by atoms with Crippen LogP contribution in [0.1, 0.15) is 36.0 Å². The lowest BCUT2D eigenvalue weighted by molar-refractivity contribution is -0.384. The van der Waals surface area contributed by atoms with Gasteiger partial charge in [-0.05, 0) is 57.0 Å². The second-order valence-corrected chi connectivity index (χ2v) is 7.46. The van der Waals surface area contributed by atoms with Gasteiger partial charge >= 0.3 is 0 Å². The molecule has 2 aromatic heterocycles. The SMILES string of the molecule is CCCn1c(C)cc(/C=C(/C#N)C(=O)Nc2cc(C)nn2-c2ccc([N+](=O)[O-])cc2)c1C. The molecule has 1 amide bonds. The summed E-state index contributed by atoms with van der Waals surface area (Å²) in [5, 5.41) is 27.6. The Morgan fingerprint density at radius 3 is 2.53 bits per heavy atom. The van der Waals surface area contributed by atoms with E-state index in [2.05, 4.69) is 21.9 Å². The number of nitrogens with one attached hydrogen (secondary N) is 1. The van der Waals surface area contributed by atoms with Crippen molar-refractivity contribution < 1.29 is 9.72 Å². The van der Waals surface area contributed by atoms with Crippen LogP contribution >= 0.6 is 0 Å². The number of nitro benzene ring substituents is 1. The van der Waals surface area contributed by atoms with Crippen LogP contribution in [-0.2, 0) is 11.3 Å². The molecule has 0 radical (unpaired) electrons. The first-order chi connectivity index (χ1) is 15.2. The molecule has 1 N–H and O–H groups in total. The van der Waals surface area contributed by atoms with Gasteiger partial charge in [-0.1, -0.05) is 6.92 Å². The second-order valence-electron chi connectivity index (χ2n) is 7.46. The molecule has 0 aliphatic carbocycles. The topological polar surface area (TPSA) is 119 Å². The molecule has 0 aliphatic rings. The van der Waals surface area contributed by atoms with E-state index in [4.69, 9.17) is 0 Å². The predicted octanol–water partition coefficient (Wildman–Crippen LogP) is 4.46. The number of hydrogen-bond acceptors (Lipinski definition) is 5. The van der Waals surface area contributed by atoms with Gasteiger partial charge in [0.25, 0.3) is 11.6 Å². The summed E-state index contributed by atoms with van der Waals surface area (Å²) in [5.41, 5.74) is 4.00. The number of aromatic nitrogens is 3. The number of non-ortho nitro benzene ring substituents is 1. The standard InChI is InChI=1S/C23H24N6O3/c1-5-10-27-16(3)12-18(17(27)4)13-19(14-24)23(30)25-22-11-15(2)26-28(22)20-6-8-21(9-7-20)29(31)32/h6-9,11-13H,5,10H2,1-4H3,(H,25,30)/b19-13-. The van der Waals surface area contributed by atoms with Gasteiger partial charge in [0.05, 0.1) is 16.3 Å². The molecule has 164 valence electrons. The van der Waals surface area contributed by atoms with E-state index in [9.17, 15) is 20.2 Å². The Balaban J connectivity index is 1.90. The Labute approximate surface area is 185 Å². The lowest BCUT2D eigenvalue weighted by Crippen LogP contribution is -2.16. The third-order valence-electron chi connectivity index (χ3n) is 5.10. The summed E-state index contributed by atoms with van der Waals surface area (Å²) in [6.45, 7) is 8.69. The van der Waals surface area contributed by atoms with Gasteiger partial charge in [-0.2, -0.15) is 10.4 Å². The summed E-state index contributed by atoms with van der Waals surface area (Å²) in [6, 6.07) is 11.4. The maximum atomic E-state index is 12.9. The molecule has 0 atom stereocenters. The summed E-state index contributed by atoms with van der Waals surface area (Å²) in [4.78, 5) is 23.3. The molecular formula is C23H24N6O3. The van der Waals surface area contributed by atoms with E-state index in [1.807, 2.05) is 26.0 Å². The lowest BCUT2D eigenvalue weighted by Gasteiger charge is -2.09. The fourth-order valence-corrected chi connectivity index (χ4v) is 3.53. The number of rotatable bonds is 7. The zero-order chi connectivity index (χ0) is 23.4. The number of nitrogens with zero attached hydrogens (tertiary/aromatic N) is 5. The smallest absolute Gasteiger partial charge is 0.269 e. The number of benzene rings is 1. The second kappa shape index (κ2) is 9.31. The minimum Gasteiger partial charge on any atom is -0.349 e. The first kappa shape index (κ1) is 22.5. The number of amides is 1. The fourth-order valence-electron chi connectivity index (χ4n) is 3.53. The van der Waals surface area contributed by atoms with Crippen molar-refractivity contribution in [2.75, 3.05) is 5.32 Å². The van der Waals surface area contributed by atoms with Crippen molar-refractivity contribution in [3.63, 3.8) is 0 Å². The van der Waals surface area contributed by atoms with E-state index in [-0.39, 0.29) is 11.3 Å². The number of nitro groups is 1. The van der Waals surface area contributed by atoms with Crippen LogP contribution in [0.2, 0.25) is 0 Å². The van der Waals surface area contributed by atoms with Crippen LogP contribution in [-0.4, -0.2) is 25.2 Å². The number of aryl methyl sites for hydroxylation is 2. The van der Waals surface area contributed by atoms with Crippen molar-refractivity contribution in [3.8, 4) is 11.8 Å². The Morgan fingerprint density at radius 2 is 1.94 bits per heavy atom. The van der Waals surface area contributed by atoms with Crippen LogP contribution in [0.5, 0.6) is 0 Å². The first-order valence-electron chi connectivity index (χ1n) is 10.2. The molecule has 0 saturated carbocycles. The van der Waals surface area contributed by atoms with E-state index in [1.165, 1.54) is 16.8 Å². The number of carbonyl (C=O) groups excluding carboxylic acids is 1. The largest absolute Gasteiger partial charge is 0.349 e. The van der Waals surface area contributed by atoms with Crippen LogP contribution in [0.25, 0.3) is 11.8 Å². The number of carbonyl (C=O) groups is 1. The molecule has 2 heterocycles. The lowest BCUT2D eigenvalue weighted by atomic mass is 10.1. The molecular weight excluding hydrogens is 408 g/mol. The van der Waals surface area contributed by atoms with Gasteiger partial charge in [0.2, 0.25) is 0 Å². The average Bonchev–Trinajstić information content (AvgIpc) is 3.25. The highest BCUT2D eigenvalue weighted by molar-refractivity contribution is 6.09. The van der Waals surface area contributed by atoms with E-state index in [0.29, 0.717) is 17.2 Å². The van der Waals surface area contributed by atoms with Crippen molar-refractivity contribution in [1.29, 1.82) is 5.26 Å². The van der Waals surface area contributed by atoms with Crippen molar-refractivity contribution in [2.45, 2.75) is 40.7 Å². The quantitative estimate of drug-likeness (QED) is 0.256. The first-order valence-corrected chi connectivity index (χ1v) is 10.2. The average molecular weight is 432 g/mol. The molecule has 0 spiro atoms. The van der Waals surface area contributed by atoms with E-state index in [0.717, 1.165) is 29.9 Å². The minimum absolute atomic E-state index is 0.0316. The van der Waals surface area contributed by atoms with E-state index in [1.54, 1.807) is 31.2 Å². The zero-order valence-electron chi connectivity index (χ0n) is 18.4. The van der Waals surface area contributed by atoms with Crippen LogP contribution in [0.15, 0.2) is 42.0 Å². The highest BCUT2D eigenvalue weighted by Gasteiger charge is 2.17. The Hall–Kier alpha value is -4.19. The Kier molecular flexibility index (Phi) is 6.54. The molecule has 0 fully saturated rings. The van der Waals surface area contributed by atoms with Crippen molar-refractivity contribution in [1.82, 2.24) is 14.3 Å². The molecule has 0 bridgehead atoms. The third kappa shape index (κ3) is 4.59. The maximum Gasteiger partial charge on any atom is 0.269 e. The highest BCUT2D eigenvalue weighted by Crippen LogP contribution is 2.22. The fraction of sp³-hybridized carbons (Fsp3) is 0.261. The molecule has 9 nitrogen and oxygen atoms in total. The maximum absolute atomic E-state index is 12.9. The van der Waals surface area contributed by atoms with Crippen molar-refractivity contribution >= 4 is 23.5 Å². The van der Waals surface area contributed by atoms with Gasteiger partial charge in [0.15, 0.2) is 0 Å². The van der Waals surface area contributed by atoms with E-state index < -0.39 is 10.8 Å². The molecule has 3 rings (SSSR count). The van der Waals surface area contributed by atoms with Crippen LogP contribution in [0.3, 0.4) is 0 Å². The Bertz CT molecular complexity index is 1240. The van der Waals surface area contributed by atoms with Gasteiger partial charge in [0.1, 0.15) is 17.5 Å². The summed E-state index contributed by atoms with van der Waals surface area (Å²) in [7, 11) is 0. The van der Waals surface area contributed by atoms with Crippen LogP contribution in [0, 0.1) is 42.2 Å². The highest BCUT2D eigenvalue weighted by atomic mass is 16.6. The van der Waals surface area contributed by atoms with Crippen LogP contribution < -0.4 is 5.32 Å². The summed E-state index contributed by atoms with van der Waals surface area (Å²) in [5.74, 6) is -0.199.